The molecule has 5 nitrogen and oxygen atoms in total. The van der Waals surface area contributed by atoms with Gasteiger partial charge in [0.15, 0.2) is 5.96 Å². The van der Waals surface area contributed by atoms with Gasteiger partial charge in [-0.15, -0.1) is 0 Å². The SMILES string of the molecule is COc1ccnc(CN=C(N)N)c1. The lowest BCUT2D eigenvalue weighted by Gasteiger charge is -2.00. The molecule has 0 bridgehead atoms. The molecular weight excluding hydrogens is 168 g/mol. The van der Waals surface area contributed by atoms with Gasteiger partial charge in [-0.05, 0) is 6.07 Å². The largest absolute Gasteiger partial charge is 0.497 e. The minimum Gasteiger partial charge on any atom is -0.497 e. The van der Waals surface area contributed by atoms with Gasteiger partial charge in [-0.1, -0.05) is 0 Å². The van der Waals surface area contributed by atoms with E-state index in [-0.39, 0.29) is 5.96 Å². The molecule has 0 aliphatic carbocycles. The quantitative estimate of drug-likeness (QED) is 0.501. The summed E-state index contributed by atoms with van der Waals surface area (Å²) in [5.41, 5.74) is 11.1. The summed E-state index contributed by atoms with van der Waals surface area (Å²) in [6.45, 7) is 0.375. The van der Waals surface area contributed by atoms with E-state index in [1.807, 2.05) is 0 Å². The minimum atomic E-state index is 0.0598. The number of hydrogen-bond acceptors (Lipinski definition) is 3. The van der Waals surface area contributed by atoms with Gasteiger partial charge in [0.05, 0.1) is 19.3 Å². The Morgan fingerprint density at radius 1 is 1.62 bits per heavy atom. The number of hydrogen-bond donors (Lipinski definition) is 2. The van der Waals surface area contributed by atoms with E-state index < -0.39 is 0 Å². The van der Waals surface area contributed by atoms with E-state index in [4.69, 9.17) is 16.2 Å². The zero-order chi connectivity index (χ0) is 9.68. The number of aromatic nitrogens is 1. The summed E-state index contributed by atoms with van der Waals surface area (Å²) in [5.74, 6) is 0.806. The third-order valence-electron chi connectivity index (χ3n) is 1.45. The van der Waals surface area contributed by atoms with Crippen molar-refractivity contribution in [1.82, 2.24) is 4.98 Å². The van der Waals surface area contributed by atoms with Crippen LogP contribution < -0.4 is 16.2 Å². The van der Waals surface area contributed by atoms with E-state index in [1.54, 1.807) is 25.4 Å². The highest BCUT2D eigenvalue weighted by atomic mass is 16.5. The number of guanidine groups is 1. The van der Waals surface area contributed by atoms with Crippen molar-refractivity contribution in [1.29, 1.82) is 0 Å². The number of methoxy groups -OCH3 is 1. The maximum absolute atomic E-state index is 5.18. The van der Waals surface area contributed by atoms with Crippen LogP contribution in [-0.2, 0) is 6.54 Å². The van der Waals surface area contributed by atoms with Crippen LogP contribution in [0.5, 0.6) is 5.75 Å². The summed E-state index contributed by atoms with van der Waals surface area (Å²) >= 11 is 0. The molecule has 1 heterocycles. The summed E-state index contributed by atoms with van der Waals surface area (Å²) in [6, 6.07) is 3.55. The number of rotatable bonds is 3. The first-order valence-corrected chi connectivity index (χ1v) is 3.76. The normalized spacial score (nSPS) is 9.31. The molecule has 0 aliphatic heterocycles. The molecule has 1 aromatic rings. The Labute approximate surface area is 76.4 Å². The predicted octanol–water partition coefficient (Wildman–Crippen LogP) is -0.136. The first kappa shape index (κ1) is 9.31. The molecule has 1 rings (SSSR count). The van der Waals surface area contributed by atoms with Crippen LogP contribution in [0.4, 0.5) is 0 Å². The molecule has 0 saturated carbocycles. The third-order valence-corrected chi connectivity index (χ3v) is 1.45. The van der Waals surface area contributed by atoms with Crippen LogP contribution in [0.3, 0.4) is 0 Å². The highest BCUT2D eigenvalue weighted by Gasteiger charge is 1.95. The average Bonchev–Trinajstić information content (AvgIpc) is 2.15. The Morgan fingerprint density at radius 2 is 2.38 bits per heavy atom. The smallest absolute Gasteiger partial charge is 0.186 e. The molecule has 0 spiro atoms. The standard InChI is InChI=1S/C8H12N4O/c1-13-7-2-3-11-6(4-7)5-12-8(9)10/h2-4H,5H2,1H3,(H4,9,10,12). The molecule has 0 aromatic carbocycles. The Kier molecular flexibility index (Phi) is 3.08. The minimum absolute atomic E-state index is 0.0598. The maximum atomic E-state index is 5.18. The van der Waals surface area contributed by atoms with E-state index in [2.05, 4.69) is 9.98 Å². The highest BCUT2D eigenvalue weighted by molar-refractivity contribution is 5.75. The van der Waals surface area contributed by atoms with Crippen LogP contribution >= 0.6 is 0 Å². The number of nitrogens with two attached hydrogens (primary N) is 2. The van der Waals surface area contributed by atoms with Gasteiger partial charge in [-0.3, -0.25) is 4.98 Å². The molecule has 1 aromatic heterocycles. The van der Waals surface area contributed by atoms with Crippen molar-refractivity contribution >= 4 is 5.96 Å². The fourth-order valence-electron chi connectivity index (χ4n) is 0.842. The molecule has 13 heavy (non-hydrogen) atoms. The van der Waals surface area contributed by atoms with Crippen molar-refractivity contribution in [3.05, 3.63) is 24.0 Å². The third kappa shape index (κ3) is 2.98. The lowest BCUT2D eigenvalue weighted by atomic mass is 10.3. The van der Waals surface area contributed by atoms with Gasteiger partial charge in [-0.25, -0.2) is 4.99 Å². The fraction of sp³-hybridized carbons (Fsp3) is 0.250. The molecule has 0 saturated heterocycles. The Morgan fingerprint density at radius 3 is 3.00 bits per heavy atom. The molecule has 0 aliphatic rings. The number of ether oxygens (including phenoxy) is 1. The van der Waals surface area contributed by atoms with Crippen molar-refractivity contribution in [3.8, 4) is 5.75 Å². The topological polar surface area (TPSA) is 86.5 Å². The molecule has 0 atom stereocenters. The summed E-state index contributed by atoms with van der Waals surface area (Å²) < 4.78 is 5.01. The molecule has 0 radical (unpaired) electrons. The first-order chi connectivity index (χ1) is 6.22. The Hall–Kier alpha value is -1.78. The van der Waals surface area contributed by atoms with Gasteiger partial charge >= 0.3 is 0 Å². The Balaban J connectivity index is 2.72. The zero-order valence-corrected chi connectivity index (χ0v) is 7.40. The van der Waals surface area contributed by atoms with Crippen LogP contribution in [0.1, 0.15) is 5.69 Å². The van der Waals surface area contributed by atoms with Gasteiger partial charge < -0.3 is 16.2 Å². The fourth-order valence-corrected chi connectivity index (χ4v) is 0.842. The van der Waals surface area contributed by atoms with Gasteiger partial charge in [0, 0.05) is 12.3 Å². The first-order valence-electron chi connectivity index (χ1n) is 3.76. The van der Waals surface area contributed by atoms with E-state index >= 15 is 0 Å². The summed E-state index contributed by atoms with van der Waals surface area (Å²) in [7, 11) is 1.60. The molecular formula is C8H12N4O. The number of nitrogens with zero attached hydrogens (tertiary/aromatic N) is 2. The van der Waals surface area contributed by atoms with E-state index in [9.17, 15) is 0 Å². The maximum Gasteiger partial charge on any atom is 0.186 e. The zero-order valence-electron chi connectivity index (χ0n) is 7.40. The van der Waals surface area contributed by atoms with Crippen LogP contribution in [0.15, 0.2) is 23.3 Å². The van der Waals surface area contributed by atoms with Crippen LogP contribution in [-0.4, -0.2) is 18.1 Å². The van der Waals surface area contributed by atoms with Crippen LogP contribution in [0.2, 0.25) is 0 Å². The molecule has 5 heteroatoms. The van der Waals surface area contributed by atoms with Crippen molar-refractivity contribution in [2.45, 2.75) is 6.54 Å². The lowest BCUT2D eigenvalue weighted by Crippen LogP contribution is -2.22. The Bertz CT molecular complexity index is 307. The summed E-state index contributed by atoms with van der Waals surface area (Å²) in [6.07, 6.45) is 1.65. The summed E-state index contributed by atoms with van der Waals surface area (Å²) in [5, 5.41) is 0. The predicted molar refractivity (Wildman–Crippen MR) is 50.3 cm³/mol. The van der Waals surface area contributed by atoms with E-state index in [1.165, 1.54) is 0 Å². The summed E-state index contributed by atoms with van der Waals surface area (Å²) in [4.78, 5) is 7.89. The van der Waals surface area contributed by atoms with Gasteiger partial charge in [-0.2, -0.15) is 0 Å². The van der Waals surface area contributed by atoms with Gasteiger partial charge in [0.1, 0.15) is 5.75 Å². The van der Waals surface area contributed by atoms with Gasteiger partial charge in [0.25, 0.3) is 0 Å². The van der Waals surface area contributed by atoms with Crippen molar-refractivity contribution in [2.75, 3.05) is 7.11 Å². The second kappa shape index (κ2) is 4.30. The van der Waals surface area contributed by atoms with Gasteiger partial charge in [0.2, 0.25) is 0 Å². The second-order valence-corrected chi connectivity index (χ2v) is 2.43. The molecule has 0 unspecified atom stereocenters. The van der Waals surface area contributed by atoms with E-state index in [0.29, 0.717) is 6.54 Å². The lowest BCUT2D eigenvalue weighted by molar-refractivity contribution is 0.413. The van der Waals surface area contributed by atoms with Crippen molar-refractivity contribution in [2.24, 2.45) is 16.5 Å². The molecule has 4 N–H and O–H groups in total. The van der Waals surface area contributed by atoms with Crippen LogP contribution in [0, 0.1) is 0 Å². The molecule has 0 fully saturated rings. The van der Waals surface area contributed by atoms with Crippen molar-refractivity contribution in [3.63, 3.8) is 0 Å². The van der Waals surface area contributed by atoms with Crippen molar-refractivity contribution < 1.29 is 4.74 Å². The number of aliphatic imine (C=N–C) groups is 1. The van der Waals surface area contributed by atoms with Crippen LogP contribution in [0.25, 0.3) is 0 Å². The highest BCUT2D eigenvalue weighted by Crippen LogP contribution is 2.10. The number of pyridine rings is 1. The molecule has 70 valence electrons. The van der Waals surface area contributed by atoms with E-state index in [0.717, 1.165) is 11.4 Å². The monoisotopic (exact) mass is 180 g/mol. The average molecular weight is 180 g/mol. The molecule has 0 amide bonds. The second-order valence-electron chi connectivity index (χ2n) is 2.43.